The van der Waals surface area contributed by atoms with Crippen LogP contribution < -0.4 is 20.7 Å². The first-order chi connectivity index (χ1) is 11.2. The molecular weight excluding hydrogens is 310 g/mol. The molecule has 1 heterocycles. The molecule has 0 amide bonds. The molecule has 0 unspecified atom stereocenters. The Morgan fingerprint density at radius 2 is 2.04 bits per heavy atom. The second-order valence-corrected chi connectivity index (χ2v) is 6.35. The number of methoxy groups -OCH3 is 1. The predicted octanol–water partition coefficient (Wildman–Crippen LogP) is 4.37. The number of nitrogen functional groups attached to an aromatic ring is 1. The molecule has 5 nitrogen and oxygen atoms in total. The molecular formula is C17H25N3O2S. The van der Waals surface area contributed by atoms with E-state index in [1.807, 2.05) is 25.1 Å². The molecule has 2 rings (SSSR count). The summed E-state index contributed by atoms with van der Waals surface area (Å²) in [5.41, 5.74) is 4.61. The molecule has 126 valence electrons. The lowest BCUT2D eigenvalue weighted by Crippen LogP contribution is -2.05. The number of nitrogens with one attached hydrogen (secondary N) is 1. The topological polar surface area (TPSA) is 69.4 Å². The molecule has 0 aliphatic carbocycles. The van der Waals surface area contributed by atoms with Gasteiger partial charge in [-0.05, 0) is 37.1 Å². The number of unbranched alkanes of at least 4 members (excludes halogenated alkanes) is 3. The summed E-state index contributed by atoms with van der Waals surface area (Å²) < 4.78 is 11.3. The summed E-state index contributed by atoms with van der Waals surface area (Å²) in [4.78, 5) is 5.46. The van der Waals surface area contributed by atoms with E-state index in [2.05, 4.69) is 17.3 Å². The smallest absolute Gasteiger partial charge is 0.197 e. The third kappa shape index (κ3) is 4.59. The zero-order valence-corrected chi connectivity index (χ0v) is 14.8. The van der Waals surface area contributed by atoms with E-state index >= 15 is 0 Å². The van der Waals surface area contributed by atoms with Gasteiger partial charge in [0.15, 0.2) is 16.6 Å². The minimum absolute atomic E-state index is 0.704. The largest absolute Gasteiger partial charge is 0.493 e. The summed E-state index contributed by atoms with van der Waals surface area (Å²) in [6.07, 6.45) is 4.72. The van der Waals surface area contributed by atoms with Gasteiger partial charge in [-0.25, -0.2) is 10.8 Å². The molecule has 0 saturated carbocycles. The van der Waals surface area contributed by atoms with Crippen molar-refractivity contribution in [3.05, 3.63) is 23.9 Å². The van der Waals surface area contributed by atoms with E-state index < -0.39 is 0 Å². The molecule has 0 spiro atoms. The number of rotatable bonds is 9. The molecule has 2 aromatic rings. The summed E-state index contributed by atoms with van der Waals surface area (Å²) in [7, 11) is 1.66. The number of hydrazine groups is 1. The van der Waals surface area contributed by atoms with Crippen molar-refractivity contribution in [2.75, 3.05) is 19.1 Å². The first kappa shape index (κ1) is 17.6. The highest BCUT2D eigenvalue weighted by Crippen LogP contribution is 2.37. The molecule has 1 aromatic heterocycles. The number of benzene rings is 1. The second kappa shape index (κ2) is 8.74. The summed E-state index contributed by atoms with van der Waals surface area (Å²) in [5.74, 6) is 6.97. The number of aryl methyl sites for hydroxylation is 1. The predicted molar refractivity (Wildman–Crippen MR) is 96.3 cm³/mol. The second-order valence-electron chi connectivity index (χ2n) is 5.35. The van der Waals surface area contributed by atoms with Gasteiger partial charge in [-0.15, -0.1) is 0 Å². The molecule has 23 heavy (non-hydrogen) atoms. The molecule has 0 radical (unpaired) electrons. The van der Waals surface area contributed by atoms with Crippen LogP contribution in [-0.2, 0) is 0 Å². The van der Waals surface area contributed by atoms with Crippen LogP contribution >= 0.6 is 11.3 Å². The highest BCUT2D eigenvalue weighted by Gasteiger charge is 2.12. The molecule has 0 atom stereocenters. The van der Waals surface area contributed by atoms with Gasteiger partial charge in [-0.3, -0.25) is 5.43 Å². The Labute approximate surface area is 141 Å². The van der Waals surface area contributed by atoms with Crippen molar-refractivity contribution >= 4 is 16.5 Å². The van der Waals surface area contributed by atoms with Crippen molar-refractivity contribution in [3.63, 3.8) is 0 Å². The first-order valence-electron chi connectivity index (χ1n) is 7.94. The molecule has 1 aromatic carbocycles. The van der Waals surface area contributed by atoms with Crippen molar-refractivity contribution in [1.82, 2.24) is 4.98 Å². The van der Waals surface area contributed by atoms with Crippen molar-refractivity contribution < 1.29 is 9.47 Å². The van der Waals surface area contributed by atoms with Crippen LogP contribution in [0.1, 0.15) is 38.3 Å². The Balaban J connectivity index is 2.15. The van der Waals surface area contributed by atoms with E-state index in [1.165, 1.54) is 30.6 Å². The van der Waals surface area contributed by atoms with Crippen LogP contribution in [0.5, 0.6) is 11.5 Å². The van der Waals surface area contributed by atoms with Gasteiger partial charge in [-0.1, -0.05) is 37.5 Å². The van der Waals surface area contributed by atoms with E-state index in [1.54, 1.807) is 7.11 Å². The zero-order chi connectivity index (χ0) is 16.7. The third-order valence-electron chi connectivity index (χ3n) is 3.60. The maximum Gasteiger partial charge on any atom is 0.197 e. The van der Waals surface area contributed by atoms with E-state index in [4.69, 9.17) is 15.3 Å². The number of thiazole rings is 1. The van der Waals surface area contributed by atoms with Crippen LogP contribution in [0.15, 0.2) is 18.2 Å². The Morgan fingerprint density at radius 1 is 1.22 bits per heavy atom. The molecule has 3 N–H and O–H groups in total. The number of hydrogen-bond donors (Lipinski definition) is 2. The third-order valence-corrected chi connectivity index (χ3v) is 4.74. The normalized spacial score (nSPS) is 10.6. The number of ether oxygens (including phenoxy) is 2. The van der Waals surface area contributed by atoms with Gasteiger partial charge in [0.05, 0.1) is 24.3 Å². The molecule has 0 aliphatic heterocycles. The lowest BCUT2D eigenvalue weighted by atomic mass is 10.1. The van der Waals surface area contributed by atoms with Crippen molar-refractivity contribution in [2.24, 2.45) is 5.84 Å². The number of aromatic nitrogens is 1. The monoisotopic (exact) mass is 335 g/mol. The van der Waals surface area contributed by atoms with Crippen molar-refractivity contribution in [2.45, 2.75) is 39.5 Å². The highest BCUT2D eigenvalue weighted by atomic mass is 32.1. The van der Waals surface area contributed by atoms with E-state index in [0.29, 0.717) is 11.7 Å². The van der Waals surface area contributed by atoms with Gasteiger partial charge in [0.2, 0.25) is 0 Å². The van der Waals surface area contributed by atoms with Crippen LogP contribution in [0.2, 0.25) is 0 Å². The SMILES string of the molecule is CCCCCCOc1cc(-c2sc(NN)nc2C)ccc1OC. The molecule has 0 bridgehead atoms. The standard InChI is InChI=1S/C17H25N3O2S/c1-4-5-6-7-10-22-15-11-13(8-9-14(15)21-3)16-12(2)19-17(20-18)23-16/h8-9,11H,4-7,10,18H2,1-3H3,(H,19,20). The first-order valence-corrected chi connectivity index (χ1v) is 8.76. The van der Waals surface area contributed by atoms with Crippen molar-refractivity contribution in [3.8, 4) is 21.9 Å². The maximum absolute atomic E-state index is 5.93. The zero-order valence-electron chi connectivity index (χ0n) is 14.0. The van der Waals surface area contributed by atoms with Crippen LogP contribution in [0.25, 0.3) is 10.4 Å². The van der Waals surface area contributed by atoms with Gasteiger partial charge in [-0.2, -0.15) is 0 Å². The fourth-order valence-electron chi connectivity index (χ4n) is 2.37. The van der Waals surface area contributed by atoms with Crippen LogP contribution in [0.3, 0.4) is 0 Å². The van der Waals surface area contributed by atoms with Gasteiger partial charge in [0, 0.05) is 0 Å². The maximum atomic E-state index is 5.93. The highest BCUT2D eigenvalue weighted by molar-refractivity contribution is 7.19. The summed E-state index contributed by atoms with van der Waals surface area (Å²) in [5, 5.41) is 0.704. The van der Waals surface area contributed by atoms with Crippen LogP contribution in [0, 0.1) is 6.92 Å². The van der Waals surface area contributed by atoms with Crippen molar-refractivity contribution in [1.29, 1.82) is 0 Å². The number of nitrogens with two attached hydrogens (primary N) is 1. The summed E-state index contributed by atoms with van der Waals surface area (Å²) >= 11 is 1.53. The average Bonchev–Trinajstić information content (AvgIpc) is 2.95. The Bertz CT molecular complexity index is 628. The summed E-state index contributed by atoms with van der Waals surface area (Å²) in [6.45, 7) is 4.88. The van der Waals surface area contributed by atoms with Gasteiger partial charge < -0.3 is 9.47 Å². The van der Waals surface area contributed by atoms with Gasteiger partial charge in [0.1, 0.15) is 0 Å². The number of hydrogen-bond acceptors (Lipinski definition) is 6. The summed E-state index contributed by atoms with van der Waals surface area (Å²) in [6, 6.07) is 5.97. The lowest BCUT2D eigenvalue weighted by Gasteiger charge is -2.12. The molecule has 0 aliphatic rings. The van der Waals surface area contributed by atoms with Crippen LogP contribution in [-0.4, -0.2) is 18.7 Å². The Kier molecular flexibility index (Phi) is 6.67. The average molecular weight is 335 g/mol. The van der Waals surface area contributed by atoms with Gasteiger partial charge >= 0.3 is 0 Å². The molecule has 6 heteroatoms. The lowest BCUT2D eigenvalue weighted by molar-refractivity contribution is 0.285. The Morgan fingerprint density at radius 3 is 2.70 bits per heavy atom. The van der Waals surface area contributed by atoms with Crippen LogP contribution in [0.4, 0.5) is 5.13 Å². The molecule has 0 saturated heterocycles. The van der Waals surface area contributed by atoms with E-state index in [9.17, 15) is 0 Å². The van der Waals surface area contributed by atoms with E-state index in [-0.39, 0.29) is 0 Å². The Hall–Kier alpha value is -1.79. The number of anilines is 1. The quantitative estimate of drug-likeness (QED) is 0.404. The fraction of sp³-hybridized carbons (Fsp3) is 0.471. The number of nitrogens with zero attached hydrogens (tertiary/aromatic N) is 1. The minimum atomic E-state index is 0.704. The van der Waals surface area contributed by atoms with E-state index in [0.717, 1.165) is 34.1 Å². The molecule has 0 fully saturated rings. The van der Waals surface area contributed by atoms with Gasteiger partial charge in [0.25, 0.3) is 0 Å². The fourth-order valence-corrected chi connectivity index (χ4v) is 3.24. The minimum Gasteiger partial charge on any atom is -0.493 e.